The summed E-state index contributed by atoms with van der Waals surface area (Å²) < 4.78 is 68.1. The van der Waals surface area contributed by atoms with E-state index in [0.29, 0.717) is 37.5 Å². The molecule has 0 rings (SSSR count). The van der Waals surface area contributed by atoms with E-state index in [1.807, 2.05) is 0 Å². The highest BCUT2D eigenvalue weighted by Crippen LogP contribution is 2.45. The third-order valence-electron chi connectivity index (χ3n) is 16.3. The van der Waals surface area contributed by atoms with Crippen LogP contribution < -0.4 is 0 Å². The van der Waals surface area contributed by atoms with E-state index < -0.39 is 97.5 Å². The second kappa shape index (κ2) is 60.7. The van der Waals surface area contributed by atoms with Crippen molar-refractivity contribution in [2.45, 2.75) is 369 Å². The van der Waals surface area contributed by atoms with Gasteiger partial charge in [0.2, 0.25) is 0 Å². The van der Waals surface area contributed by atoms with Gasteiger partial charge in [-0.25, -0.2) is 9.13 Å². The third kappa shape index (κ3) is 64.8. The van der Waals surface area contributed by atoms with Gasteiger partial charge in [0, 0.05) is 25.7 Å². The molecule has 0 amide bonds. The minimum absolute atomic E-state index is 0.101. The molecule has 2 unspecified atom stereocenters. The van der Waals surface area contributed by atoms with Crippen molar-refractivity contribution >= 4 is 39.5 Å². The largest absolute Gasteiger partial charge is 0.472 e. The molecule has 534 valence electrons. The van der Waals surface area contributed by atoms with Crippen LogP contribution in [0.5, 0.6) is 0 Å². The number of carbonyl (C=O) groups excluding carboxylic acids is 4. The summed E-state index contributed by atoms with van der Waals surface area (Å²) in [6.07, 6.45) is 43.7. The Morgan fingerprint density at radius 2 is 0.467 bits per heavy atom. The Labute approximate surface area is 549 Å². The molecule has 0 aliphatic rings. The molecular formula is C71H138O17P2. The lowest BCUT2D eigenvalue weighted by Crippen LogP contribution is -2.30. The van der Waals surface area contributed by atoms with E-state index >= 15 is 0 Å². The highest BCUT2D eigenvalue weighted by molar-refractivity contribution is 7.47. The molecule has 0 saturated carbocycles. The Bertz CT molecular complexity index is 1780. The van der Waals surface area contributed by atoms with Crippen LogP contribution in [-0.4, -0.2) is 96.7 Å². The Hall–Kier alpha value is -1.94. The number of rotatable bonds is 68. The minimum atomic E-state index is -4.95. The van der Waals surface area contributed by atoms with Crippen molar-refractivity contribution < 1.29 is 80.2 Å². The molecule has 3 N–H and O–H groups in total. The normalized spacial score (nSPS) is 14.3. The molecule has 0 bridgehead atoms. The van der Waals surface area contributed by atoms with Crippen LogP contribution in [-0.2, 0) is 65.4 Å². The Morgan fingerprint density at radius 3 is 0.689 bits per heavy atom. The van der Waals surface area contributed by atoms with E-state index in [2.05, 4.69) is 55.4 Å². The lowest BCUT2D eigenvalue weighted by atomic mass is 10.0. The highest BCUT2D eigenvalue weighted by Gasteiger charge is 2.30. The SMILES string of the molecule is CC(C)CCCCCCCCCCCCCCCCCCCCC(=O)OC[C@H](COP(=O)(O)OC[C@@H](O)COP(=O)(O)OC[C@@H](COC(=O)CCCCCCCCC(C)C)OC(=O)CCCCCCCCC(C)C)OC(=O)CCCCCCCCCCC(C)C. The third-order valence-corrected chi connectivity index (χ3v) is 18.2. The van der Waals surface area contributed by atoms with Crippen LogP contribution in [0.4, 0.5) is 0 Å². The monoisotopic (exact) mass is 1320 g/mol. The maximum atomic E-state index is 13.0. The molecule has 17 nitrogen and oxygen atoms in total. The van der Waals surface area contributed by atoms with Crippen LogP contribution >= 0.6 is 15.6 Å². The molecule has 0 spiro atoms. The number of aliphatic hydroxyl groups excluding tert-OH is 1. The average molecular weight is 1330 g/mol. The Balaban J connectivity index is 5.12. The van der Waals surface area contributed by atoms with Gasteiger partial charge in [0.05, 0.1) is 26.4 Å². The van der Waals surface area contributed by atoms with E-state index in [1.165, 1.54) is 148 Å². The van der Waals surface area contributed by atoms with Gasteiger partial charge in [-0.1, -0.05) is 299 Å². The van der Waals surface area contributed by atoms with Gasteiger partial charge in [-0.15, -0.1) is 0 Å². The van der Waals surface area contributed by atoms with Gasteiger partial charge in [0.25, 0.3) is 0 Å². The second-order valence-electron chi connectivity index (χ2n) is 27.5. The van der Waals surface area contributed by atoms with E-state index in [-0.39, 0.29) is 25.7 Å². The van der Waals surface area contributed by atoms with Gasteiger partial charge in [-0.2, -0.15) is 0 Å². The fourth-order valence-corrected chi connectivity index (χ4v) is 12.2. The summed E-state index contributed by atoms with van der Waals surface area (Å²) in [5.41, 5.74) is 0. The molecule has 90 heavy (non-hydrogen) atoms. The lowest BCUT2D eigenvalue weighted by Gasteiger charge is -2.21. The van der Waals surface area contributed by atoms with Crippen LogP contribution in [0.3, 0.4) is 0 Å². The van der Waals surface area contributed by atoms with Gasteiger partial charge in [0.15, 0.2) is 12.2 Å². The summed E-state index contributed by atoms with van der Waals surface area (Å²) in [7, 11) is -9.90. The summed E-state index contributed by atoms with van der Waals surface area (Å²) in [6, 6.07) is 0. The standard InChI is InChI=1S/C71H138O17P2/c1-61(2)47-39-31-23-19-17-15-13-11-9-10-12-14-16-18-20-25-35-43-51-68(73)81-57-66(87-70(75)53-45-37-26-22-21-24-32-40-48-62(3)4)59-85-89(77,78)83-55-65(72)56-84-90(79,80)86-60-67(88-71(76)54-46-38-30-28-34-42-50-64(7)8)58-82-69(74)52-44-36-29-27-33-41-49-63(5)6/h61-67,72H,9-60H2,1-8H3,(H,77,78)(H,79,80)/t65-,66-,67-/m1/s1. The lowest BCUT2D eigenvalue weighted by molar-refractivity contribution is -0.161. The molecule has 0 aliphatic carbocycles. The fourth-order valence-electron chi connectivity index (χ4n) is 10.7. The summed E-state index contributed by atoms with van der Waals surface area (Å²) >= 11 is 0. The average Bonchev–Trinajstić information content (AvgIpc) is 3.69. The second-order valence-corrected chi connectivity index (χ2v) is 30.4. The first kappa shape index (κ1) is 88.1. The van der Waals surface area contributed by atoms with Crippen molar-refractivity contribution in [2.24, 2.45) is 23.7 Å². The molecule has 5 atom stereocenters. The number of phosphoric ester groups is 2. The number of unbranched alkanes of at least 4 members (excludes halogenated alkanes) is 34. The number of ether oxygens (including phenoxy) is 4. The first-order valence-corrected chi connectivity index (χ1v) is 39.7. The smallest absolute Gasteiger partial charge is 0.462 e. The number of esters is 4. The van der Waals surface area contributed by atoms with E-state index in [1.54, 1.807) is 0 Å². The fraction of sp³-hybridized carbons (Fsp3) is 0.944. The van der Waals surface area contributed by atoms with E-state index in [9.17, 15) is 43.2 Å². The van der Waals surface area contributed by atoms with Gasteiger partial charge >= 0.3 is 39.5 Å². The first-order chi connectivity index (χ1) is 43.1. The number of phosphoric acid groups is 2. The highest BCUT2D eigenvalue weighted by atomic mass is 31.2. The maximum Gasteiger partial charge on any atom is 0.472 e. The molecule has 19 heteroatoms. The van der Waals surface area contributed by atoms with Crippen LogP contribution in [0, 0.1) is 23.7 Å². The zero-order valence-electron chi connectivity index (χ0n) is 58.8. The molecule has 0 radical (unpaired) electrons. The number of aliphatic hydroxyl groups is 1. The van der Waals surface area contributed by atoms with Gasteiger partial charge < -0.3 is 33.8 Å². The first-order valence-electron chi connectivity index (χ1n) is 36.7. The number of hydrogen-bond donors (Lipinski definition) is 3. The maximum absolute atomic E-state index is 13.0. The predicted molar refractivity (Wildman–Crippen MR) is 363 cm³/mol. The molecule has 0 aromatic carbocycles. The van der Waals surface area contributed by atoms with Crippen LogP contribution in [0.25, 0.3) is 0 Å². The van der Waals surface area contributed by atoms with Crippen LogP contribution in [0.15, 0.2) is 0 Å². The zero-order chi connectivity index (χ0) is 66.8. The van der Waals surface area contributed by atoms with Crippen LogP contribution in [0.2, 0.25) is 0 Å². The number of carbonyl (C=O) groups is 4. The van der Waals surface area contributed by atoms with Gasteiger partial charge in [-0.05, 0) is 49.4 Å². The van der Waals surface area contributed by atoms with Gasteiger partial charge in [-0.3, -0.25) is 37.3 Å². The molecule has 0 fully saturated rings. The summed E-state index contributed by atoms with van der Waals surface area (Å²) in [5, 5.41) is 10.6. The van der Waals surface area contributed by atoms with Crippen molar-refractivity contribution in [2.75, 3.05) is 39.6 Å². The van der Waals surface area contributed by atoms with Crippen molar-refractivity contribution in [3.8, 4) is 0 Å². The summed E-state index contributed by atoms with van der Waals surface area (Å²) in [5.74, 6) is 0.753. The molecule has 0 aromatic rings. The Kier molecular flexibility index (Phi) is 59.4. The molecule has 0 heterocycles. The van der Waals surface area contributed by atoms with E-state index in [0.717, 1.165) is 108 Å². The van der Waals surface area contributed by atoms with Crippen molar-refractivity contribution in [3.63, 3.8) is 0 Å². The van der Waals surface area contributed by atoms with Crippen molar-refractivity contribution in [3.05, 3.63) is 0 Å². The van der Waals surface area contributed by atoms with Crippen molar-refractivity contribution in [1.82, 2.24) is 0 Å². The zero-order valence-corrected chi connectivity index (χ0v) is 60.6. The molecule has 0 aliphatic heterocycles. The molecule has 0 aromatic heterocycles. The topological polar surface area (TPSA) is 237 Å². The summed E-state index contributed by atoms with van der Waals surface area (Å²) in [4.78, 5) is 72.4. The number of hydrogen-bond acceptors (Lipinski definition) is 15. The summed E-state index contributed by atoms with van der Waals surface area (Å²) in [6.45, 7) is 14.0. The van der Waals surface area contributed by atoms with Crippen LogP contribution in [0.1, 0.15) is 351 Å². The molecule has 0 saturated heterocycles. The Morgan fingerprint density at radius 1 is 0.278 bits per heavy atom. The minimum Gasteiger partial charge on any atom is -0.462 e. The quantitative estimate of drug-likeness (QED) is 0.0222. The molecular weight excluding hydrogens is 1190 g/mol. The van der Waals surface area contributed by atoms with Gasteiger partial charge in [0.1, 0.15) is 19.3 Å². The van der Waals surface area contributed by atoms with Crippen molar-refractivity contribution in [1.29, 1.82) is 0 Å². The predicted octanol–water partition coefficient (Wildman–Crippen LogP) is 20.1. The van der Waals surface area contributed by atoms with E-state index in [4.69, 9.17) is 37.0 Å².